The first kappa shape index (κ1) is 30.3. The number of aliphatic carboxylic acids is 1. The van der Waals surface area contributed by atoms with Gasteiger partial charge in [0.1, 0.15) is 0 Å². The number of hydrogen-bond donors (Lipinski definition) is 1. The Balaban J connectivity index is 1.62. The maximum Gasteiger partial charge on any atom is 0.398 e. The Morgan fingerprint density at radius 2 is 1.81 bits per heavy atom. The minimum atomic E-state index is -4.59. The highest BCUT2D eigenvalue weighted by atomic mass is 35.5. The third kappa shape index (κ3) is 5.27. The van der Waals surface area contributed by atoms with E-state index in [1.807, 2.05) is 11.0 Å². The SMILES string of the molecule is C=C/C(=C(C(=O)n1nc(C2=CCC(C(=O)O)CC2)c2c1CC(C(=O)N1CCCC1)CC2)\C(Cl)=C/C)C1(C(F)(F)F)CC1. The quantitative estimate of drug-likeness (QED) is 0.283. The van der Waals surface area contributed by atoms with Gasteiger partial charge in [-0.05, 0) is 75.9 Å². The zero-order chi connectivity index (χ0) is 30.4. The second-order valence-electron chi connectivity index (χ2n) is 11.7. The van der Waals surface area contributed by atoms with Crippen LogP contribution in [0.2, 0.25) is 0 Å². The van der Waals surface area contributed by atoms with Crippen LogP contribution >= 0.6 is 11.6 Å². The van der Waals surface area contributed by atoms with Crippen molar-refractivity contribution in [3.8, 4) is 0 Å². The summed E-state index contributed by atoms with van der Waals surface area (Å²) in [6.45, 7) is 6.55. The number of likely N-dealkylation sites (tertiary alicyclic amines) is 1. The minimum Gasteiger partial charge on any atom is -0.481 e. The van der Waals surface area contributed by atoms with Gasteiger partial charge in [0.05, 0.1) is 28.3 Å². The predicted octanol–water partition coefficient (Wildman–Crippen LogP) is 6.49. The number of carbonyl (C=O) groups excluding carboxylic acids is 2. The van der Waals surface area contributed by atoms with Crippen molar-refractivity contribution in [3.05, 3.63) is 57.9 Å². The van der Waals surface area contributed by atoms with Crippen molar-refractivity contribution in [1.29, 1.82) is 0 Å². The van der Waals surface area contributed by atoms with E-state index in [0.717, 1.165) is 34.7 Å². The zero-order valence-corrected chi connectivity index (χ0v) is 24.4. The number of rotatable bonds is 7. The Bertz CT molecular complexity index is 1410. The number of amides is 1. The molecule has 0 bridgehead atoms. The van der Waals surface area contributed by atoms with E-state index in [9.17, 15) is 32.7 Å². The van der Waals surface area contributed by atoms with Gasteiger partial charge in [-0.3, -0.25) is 14.4 Å². The largest absolute Gasteiger partial charge is 0.481 e. The molecule has 2 unspecified atom stereocenters. The molecule has 1 saturated carbocycles. The minimum absolute atomic E-state index is 0.0177. The molecule has 1 saturated heterocycles. The number of carboxylic acid groups (broad SMARTS) is 1. The third-order valence-corrected chi connectivity index (χ3v) is 9.69. The van der Waals surface area contributed by atoms with Crippen LogP contribution in [0.4, 0.5) is 13.2 Å². The number of alkyl halides is 3. The van der Waals surface area contributed by atoms with Gasteiger partial charge >= 0.3 is 12.1 Å². The Hall–Kier alpha value is -3.14. The molecule has 42 heavy (non-hydrogen) atoms. The third-order valence-electron chi connectivity index (χ3n) is 9.28. The monoisotopic (exact) mass is 605 g/mol. The van der Waals surface area contributed by atoms with Crippen molar-refractivity contribution in [2.75, 3.05) is 13.1 Å². The predicted molar refractivity (Wildman–Crippen MR) is 152 cm³/mol. The number of fused-ring (bicyclic) bond motifs is 1. The van der Waals surface area contributed by atoms with Crippen LogP contribution in [-0.4, -0.2) is 56.8 Å². The van der Waals surface area contributed by atoms with Gasteiger partial charge in [0.25, 0.3) is 5.91 Å². The van der Waals surface area contributed by atoms with Gasteiger partial charge < -0.3 is 10.0 Å². The van der Waals surface area contributed by atoms with Gasteiger partial charge in [0.15, 0.2) is 0 Å². The normalized spacial score (nSPS) is 24.5. The van der Waals surface area contributed by atoms with Gasteiger partial charge in [-0.1, -0.05) is 36.4 Å². The lowest BCUT2D eigenvalue weighted by atomic mass is 9.82. The summed E-state index contributed by atoms with van der Waals surface area (Å²) in [5.41, 5.74) is -0.138. The topological polar surface area (TPSA) is 92.5 Å². The average Bonchev–Trinajstić information content (AvgIpc) is 3.44. The molecule has 11 heteroatoms. The standard InChI is InChI=1S/C31H35ClF3N3O4/c1-3-22(30(13-14-30)31(33,34)35)25(23(32)4-2)28(40)38-24-17-20(27(39)37-15-5-6-16-37)11-12-21(24)26(36-38)18-7-9-19(10-8-18)29(41)42/h3-4,7,19-20H,1,5-6,8-17H2,2H3,(H,41,42)/b23-4+,25-22-. The van der Waals surface area contributed by atoms with Crippen molar-refractivity contribution in [2.45, 2.75) is 77.3 Å². The molecule has 0 radical (unpaired) electrons. The fraction of sp³-hybridized carbons (Fsp3) is 0.548. The van der Waals surface area contributed by atoms with E-state index in [2.05, 4.69) is 11.7 Å². The molecule has 7 nitrogen and oxygen atoms in total. The fourth-order valence-electron chi connectivity index (χ4n) is 6.68. The van der Waals surface area contributed by atoms with Gasteiger partial charge in [-0.15, -0.1) is 0 Å². The molecule has 2 heterocycles. The van der Waals surface area contributed by atoms with Crippen molar-refractivity contribution >= 4 is 35.0 Å². The zero-order valence-electron chi connectivity index (χ0n) is 23.6. The van der Waals surface area contributed by atoms with Crippen LogP contribution in [0.15, 0.2) is 41.0 Å². The van der Waals surface area contributed by atoms with E-state index in [1.165, 1.54) is 6.08 Å². The highest BCUT2D eigenvalue weighted by molar-refractivity contribution is 6.35. The molecule has 1 N–H and O–H groups in total. The van der Waals surface area contributed by atoms with E-state index in [0.29, 0.717) is 56.6 Å². The Kier molecular flexibility index (Phi) is 8.31. The number of nitrogens with zero attached hydrogens (tertiary/aromatic N) is 3. The summed E-state index contributed by atoms with van der Waals surface area (Å²) in [5, 5.41) is 14.0. The molecular weight excluding hydrogens is 571 g/mol. The summed E-state index contributed by atoms with van der Waals surface area (Å²) in [5.74, 6) is -2.53. The molecule has 5 rings (SSSR count). The lowest BCUT2D eigenvalue weighted by molar-refractivity contribution is -0.174. The van der Waals surface area contributed by atoms with Gasteiger partial charge in [-0.25, -0.2) is 0 Å². The second kappa shape index (κ2) is 11.5. The summed E-state index contributed by atoms with van der Waals surface area (Å²) in [6.07, 6.45) is 3.67. The lowest BCUT2D eigenvalue weighted by Crippen LogP contribution is -2.37. The van der Waals surface area contributed by atoms with E-state index in [4.69, 9.17) is 11.6 Å². The molecule has 4 aliphatic rings. The van der Waals surface area contributed by atoms with Crippen molar-refractivity contribution in [2.24, 2.45) is 17.3 Å². The Morgan fingerprint density at radius 1 is 1.14 bits per heavy atom. The Labute approximate surface area is 247 Å². The molecule has 1 amide bonds. The van der Waals surface area contributed by atoms with Crippen LogP contribution in [-0.2, 0) is 22.4 Å². The molecule has 1 aromatic heterocycles. The van der Waals surface area contributed by atoms with Crippen molar-refractivity contribution < 1.29 is 32.7 Å². The van der Waals surface area contributed by atoms with Crippen LogP contribution in [0.25, 0.3) is 5.57 Å². The lowest BCUT2D eigenvalue weighted by Gasteiger charge is -2.27. The highest BCUT2D eigenvalue weighted by Gasteiger charge is 2.65. The van der Waals surface area contributed by atoms with E-state index >= 15 is 0 Å². The van der Waals surface area contributed by atoms with Crippen LogP contribution in [0.1, 0.15) is 80.0 Å². The van der Waals surface area contributed by atoms with Crippen molar-refractivity contribution in [1.82, 2.24) is 14.7 Å². The molecule has 2 atom stereocenters. The first-order chi connectivity index (χ1) is 19.9. The van der Waals surface area contributed by atoms with Crippen LogP contribution in [0.3, 0.4) is 0 Å². The number of carbonyl (C=O) groups is 3. The summed E-state index contributed by atoms with van der Waals surface area (Å²) < 4.78 is 43.9. The van der Waals surface area contributed by atoms with E-state index in [1.54, 1.807) is 6.92 Å². The molecular formula is C31H35ClF3N3O4. The number of hydrogen-bond acceptors (Lipinski definition) is 4. The van der Waals surface area contributed by atoms with Gasteiger partial charge in [0, 0.05) is 36.0 Å². The van der Waals surface area contributed by atoms with Crippen molar-refractivity contribution in [3.63, 3.8) is 0 Å². The molecule has 226 valence electrons. The van der Waals surface area contributed by atoms with Gasteiger partial charge in [0.2, 0.25) is 5.91 Å². The number of halogens is 4. The number of aromatic nitrogens is 2. The van der Waals surface area contributed by atoms with Gasteiger partial charge in [-0.2, -0.15) is 23.0 Å². The summed E-state index contributed by atoms with van der Waals surface area (Å²) in [6, 6.07) is 0. The number of carboxylic acids is 1. The summed E-state index contributed by atoms with van der Waals surface area (Å²) in [7, 11) is 0. The van der Waals surface area contributed by atoms with Crippen LogP contribution in [0, 0.1) is 17.3 Å². The molecule has 1 aliphatic heterocycles. The fourth-order valence-corrected chi connectivity index (χ4v) is 6.86. The molecule has 2 fully saturated rings. The molecule has 0 spiro atoms. The second-order valence-corrected chi connectivity index (χ2v) is 12.1. The number of allylic oxidation sites excluding steroid dienone is 7. The molecule has 3 aliphatic carbocycles. The maximum atomic E-state index is 14.3. The first-order valence-corrected chi connectivity index (χ1v) is 14.9. The van der Waals surface area contributed by atoms with Crippen LogP contribution < -0.4 is 0 Å². The maximum absolute atomic E-state index is 14.3. The Morgan fingerprint density at radius 3 is 2.33 bits per heavy atom. The molecule has 0 aromatic carbocycles. The smallest absolute Gasteiger partial charge is 0.398 e. The highest BCUT2D eigenvalue weighted by Crippen LogP contribution is 2.63. The van der Waals surface area contributed by atoms with E-state index < -0.39 is 29.4 Å². The first-order valence-electron chi connectivity index (χ1n) is 14.6. The summed E-state index contributed by atoms with van der Waals surface area (Å²) in [4.78, 5) is 41.0. The average molecular weight is 606 g/mol. The van der Waals surface area contributed by atoms with Crippen LogP contribution in [0.5, 0.6) is 0 Å². The van der Waals surface area contributed by atoms with E-state index in [-0.39, 0.29) is 47.3 Å². The summed E-state index contributed by atoms with van der Waals surface area (Å²) >= 11 is 6.48. The molecule has 1 aromatic rings.